The Morgan fingerprint density at radius 1 is 1.29 bits per heavy atom. The molecule has 0 aromatic rings. The summed E-state index contributed by atoms with van der Waals surface area (Å²) >= 11 is 0. The van der Waals surface area contributed by atoms with Crippen LogP contribution in [0.25, 0.3) is 0 Å². The van der Waals surface area contributed by atoms with Gasteiger partial charge in [0.05, 0.1) is 6.42 Å². The number of aliphatic carboxylic acids is 1. The molecule has 2 aliphatic carbocycles. The number of carbonyl (C=O) groups excluding carboxylic acids is 1. The van der Waals surface area contributed by atoms with Crippen LogP contribution in [-0.2, 0) is 9.59 Å². The van der Waals surface area contributed by atoms with Crippen molar-refractivity contribution in [3.63, 3.8) is 0 Å². The van der Waals surface area contributed by atoms with Crippen LogP contribution in [-0.4, -0.2) is 40.5 Å². The third kappa shape index (κ3) is 3.19. The van der Waals surface area contributed by atoms with E-state index >= 15 is 0 Å². The Hall–Kier alpha value is -1.10. The van der Waals surface area contributed by atoms with Crippen LogP contribution in [0.15, 0.2) is 0 Å². The molecule has 2 fully saturated rings. The normalized spacial score (nSPS) is 21.7. The lowest BCUT2D eigenvalue weighted by atomic mass is 9.90. The summed E-state index contributed by atoms with van der Waals surface area (Å²) < 4.78 is 0. The number of amides is 1. The Balaban J connectivity index is 1.88. The molecule has 0 heterocycles. The third-order valence-electron chi connectivity index (χ3n) is 3.70. The van der Waals surface area contributed by atoms with Crippen molar-refractivity contribution >= 4 is 11.9 Å². The van der Waals surface area contributed by atoms with Gasteiger partial charge in [-0.25, -0.2) is 0 Å². The highest BCUT2D eigenvalue weighted by Gasteiger charge is 2.34. The fourth-order valence-corrected chi connectivity index (χ4v) is 2.12. The smallest absolute Gasteiger partial charge is 0.321 e. The van der Waals surface area contributed by atoms with E-state index in [1.807, 2.05) is 4.90 Å². The van der Waals surface area contributed by atoms with E-state index in [1.165, 1.54) is 19.3 Å². The van der Waals surface area contributed by atoms with Crippen LogP contribution in [0.5, 0.6) is 0 Å². The van der Waals surface area contributed by atoms with Gasteiger partial charge in [0, 0.05) is 12.6 Å². The second-order valence-electron chi connectivity index (χ2n) is 5.22. The van der Waals surface area contributed by atoms with E-state index in [2.05, 4.69) is 0 Å². The number of hydrogen-bond acceptors (Lipinski definition) is 3. The summed E-state index contributed by atoms with van der Waals surface area (Å²) in [4.78, 5) is 24.6. The van der Waals surface area contributed by atoms with Crippen molar-refractivity contribution < 1.29 is 14.7 Å². The van der Waals surface area contributed by atoms with Crippen molar-refractivity contribution in [1.29, 1.82) is 0 Å². The molecule has 0 aromatic carbocycles. The molecule has 0 bridgehead atoms. The molecule has 0 unspecified atom stereocenters. The van der Waals surface area contributed by atoms with Gasteiger partial charge in [0.2, 0.25) is 5.91 Å². The SMILES string of the molecule is N[C@@H](CC(=O)N(CC1CC1)C1CCC1)C(=O)O. The van der Waals surface area contributed by atoms with Gasteiger partial charge in [-0.2, -0.15) is 0 Å². The standard InChI is InChI=1S/C12H20N2O3/c13-10(12(16)17)6-11(15)14(7-8-4-5-8)9-2-1-3-9/h8-10H,1-7,13H2,(H,16,17)/t10-/m0/s1. The third-order valence-corrected chi connectivity index (χ3v) is 3.70. The van der Waals surface area contributed by atoms with Gasteiger partial charge in [0.15, 0.2) is 0 Å². The zero-order chi connectivity index (χ0) is 12.4. The molecule has 0 aromatic heterocycles. The molecule has 0 radical (unpaired) electrons. The Labute approximate surface area is 101 Å². The molecule has 2 saturated carbocycles. The molecule has 0 spiro atoms. The number of carbonyl (C=O) groups is 2. The van der Waals surface area contributed by atoms with E-state index < -0.39 is 12.0 Å². The molecular formula is C12H20N2O3. The Bertz CT molecular complexity index is 311. The van der Waals surface area contributed by atoms with Gasteiger partial charge in [-0.1, -0.05) is 0 Å². The van der Waals surface area contributed by atoms with E-state index in [1.54, 1.807) is 0 Å². The van der Waals surface area contributed by atoms with Gasteiger partial charge in [-0.15, -0.1) is 0 Å². The van der Waals surface area contributed by atoms with Crippen LogP contribution in [0.1, 0.15) is 38.5 Å². The Kier molecular flexibility index (Phi) is 3.66. The maximum Gasteiger partial charge on any atom is 0.321 e. The van der Waals surface area contributed by atoms with E-state index in [0.717, 1.165) is 19.4 Å². The maximum atomic E-state index is 12.0. The monoisotopic (exact) mass is 240 g/mol. The summed E-state index contributed by atoms with van der Waals surface area (Å²) in [6, 6.07) is -0.728. The first-order valence-electron chi connectivity index (χ1n) is 6.35. The van der Waals surface area contributed by atoms with Gasteiger partial charge in [0.25, 0.3) is 0 Å². The molecule has 0 saturated heterocycles. The number of hydrogen-bond donors (Lipinski definition) is 2. The zero-order valence-electron chi connectivity index (χ0n) is 9.97. The van der Waals surface area contributed by atoms with Gasteiger partial charge in [0.1, 0.15) is 6.04 Å². The average molecular weight is 240 g/mol. The second kappa shape index (κ2) is 5.04. The summed E-state index contributed by atoms with van der Waals surface area (Å²) in [6.07, 6.45) is 5.60. The number of carboxylic acids is 1. The minimum Gasteiger partial charge on any atom is -0.480 e. The minimum absolute atomic E-state index is 0.0709. The molecule has 96 valence electrons. The van der Waals surface area contributed by atoms with Crippen molar-refractivity contribution in [2.45, 2.75) is 50.6 Å². The van der Waals surface area contributed by atoms with Gasteiger partial charge < -0.3 is 15.7 Å². The zero-order valence-corrected chi connectivity index (χ0v) is 9.97. The molecule has 2 rings (SSSR count). The number of carboxylic acid groups (broad SMARTS) is 1. The molecule has 0 aliphatic heterocycles. The molecule has 3 N–H and O–H groups in total. The van der Waals surface area contributed by atoms with Gasteiger partial charge in [-0.05, 0) is 38.0 Å². The Morgan fingerprint density at radius 2 is 1.94 bits per heavy atom. The van der Waals surface area contributed by atoms with Crippen molar-refractivity contribution in [1.82, 2.24) is 4.90 Å². The van der Waals surface area contributed by atoms with Gasteiger partial charge >= 0.3 is 5.97 Å². The summed E-state index contributed by atoms with van der Waals surface area (Å²) in [6.45, 7) is 0.801. The van der Waals surface area contributed by atoms with Crippen LogP contribution in [0.4, 0.5) is 0 Å². The van der Waals surface area contributed by atoms with Crippen LogP contribution < -0.4 is 5.73 Å². The van der Waals surface area contributed by atoms with Crippen molar-refractivity contribution in [2.75, 3.05) is 6.54 Å². The topological polar surface area (TPSA) is 83.6 Å². The van der Waals surface area contributed by atoms with Crippen LogP contribution in [0.2, 0.25) is 0 Å². The lowest BCUT2D eigenvalue weighted by molar-refractivity contribution is -0.144. The predicted octanol–water partition coefficient (Wildman–Crippen LogP) is 0.579. The molecule has 5 heteroatoms. The lowest BCUT2D eigenvalue weighted by Gasteiger charge is -2.38. The molecule has 17 heavy (non-hydrogen) atoms. The van der Waals surface area contributed by atoms with Crippen molar-refractivity contribution in [3.05, 3.63) is 0 Å². The molecule has 2 aliphatic rings. The first-order valence-corrected chi connectivity index (χ1v) is 6.35. The van der Waals surface area contributed by atoms with E-state index in [0.29, 0.717) is 12.0 Å². The van der Waals surface area contributed by atoms with E-state index in [-0.39, 0.29) is 12.3 Å². The maximum absolute atomic E-state index is 12.0. The fourth-order valence-electron chi connectivity index (χ4n) is 2.12. The fraction of sp³-hybridized carbons (Fsp3) is 0.833. The van der Waals surface area contributed by atoms with Crippen LogP contribution in [0.3, 0.4) is 0 Å². The van der Waals surface area contributed by atoms with Crippen molar-refractivity contribution in [2.24, 2.45) is 11.7 Å². The summed E-state index contributed by atoms with van der Waals surface area (Å²) in [5.74, 6) is -0.546. The van der Waals surface area contributed by atoms with Crippen molar-refractivity contribution in [3.8, 4) is 0 Å². The highest BCUT2D eigenvalue weighted by Crippen LogP contribution is 2.34. The number of nitrogens with zero attached hydrogens (tertiary/aromatic N) is 1. The highest BCUT2D eigenvalue weighted by molar-refractivity contribution is 5.84. The summed E-state index contributed by atoms with van der Waals surface area (Å²) in [5.41, 5.74) is 5.41. The van der Waals surface area contributed by atoms with Gasteiger partial charge in [-0.3, -0.25) is 9.59 Å². The van der Waals surface area contributed by atoms with E-state index in [4.69, 9.17) is 10.8 Å². The summed E-state index contributed by atoms with van der Waals surface area (Å²) in [7, 11) is 0. The largest absolute Gasteiger partial charge is 0.480 e. The molecule has 1 atom stereocenters. The lowest BCUT2D eigenvalue weighted by Crippen LogP contribution is -2.47. The molecule has 1 amide bonds. The Morgan fingerprint density at radius 3 is 2.35 bits per heavy atom. The predicted molar refractivity (Wildman–Crippen MR) is 62.3 cm³/mol. The summed E-state index contributed by atoms with van der Waals surface area (Å²) in [5, 5.41) is 8.72. The number of rotatable bonds is 6. The molecular weight excluding hydrogens is 220 g/mol. The second-order valence-corrected chi connectivity index (χ2v) is 5.22. The van der Waals surface area contributed by atoms with E-state index in [9.17, 15) is 9.59 Å². The van der Waals surface area contributed by atoms with Crippen LogP contribution in [0, 0.1) is 5.92 Å². The molecule has 5 nitrogen and oxygen atoms in total. The first kappa shape index (κ1) is 12.4. The van der Waals surface area contributed by atoms with Crippen LogP contribution >= 0.6 is 0 Å². The number of nitrogens with two attached hydrogens (primary N) is 1. The highest BCUT2D eigenvalue weighted by atomic mass is 16.4. The first-order chi connectivity index (χ1) is 8.08. The quantitative estimate of drug-likeness (QED) is 0.711. The minimum atomic E-state index is -1.10. The average Bonchev–Trinajstić information content (AvgIpc) is 2.97.